The Morgan fingerprint density at radius 3 is 2.76 bits per heavy atom. The van der Waals surface area contributed by atoms with Gasteiger partial charge in [-0.25, -0.2) is 4.79 Å². The van der Waals surface area contributed by atoms with Gasteiger partial charge >= 0.3 is 6.03 Å². The van der Waals surface area contributed by atoms with Gasteiger partial charge in [-0.1, -0.05) is 6.07 Å². The van der Waals surface area contributed by atoms with Crippen molar-refractivity contribution in [3.05, 3.63) is 22.4 Å². The van der Waals surface area contributed by atoms with E-state index in [-0.39, 0.29) is 6.03 Å². The molecule has 1 aliphatic rings. The molecule has 1 aromatic rings. The van der Waals surface area contributed by atoms with E-state index in [4.69, 9.17) is 0 Å². The number of amides is 2. The summed E-state index contributed by atoms with van der Waals surface area (Å²) in [6, 6.07) is 4.34. The van der Waals surface area contributed by atoms with Crippen molar-refractivity contribution in [3.8, 4) is 0 Å². The summed E-state index contributed by atoms with van der Waals surface area (Å²) in [5.74, 6) is 0. The third-order valence-corrected chi connectivity index (χ3v) is 4.07. The molecule has 0 unspecified atom stereocenters. The topological polar surface area (TPSA) is 23.6 Å². The van der Waals surface area contributed by atoms with Gasteiger partial charge in [0.05, 0.1) is 6.54 Å². The number of likely N-dealkylation sites (tertiary alicyclic amines) is 1. The lowest BCUT2D eigenvalue weighted by Crippen LogP contribution is -2.44. The van der Waals surface area contributed by atoms with E-state index in [9.17, 15) is 4.79 Å². The summed E-state index contributed by atoms with van der Waals surface area (Å²) in [6.07, 6.45) is 3.57. The number of hydrogen-bond donors (Lipinski definition) is 0. The van der Waals surface area contributed by atoms with Gasteiger partial charge < -0.3 is 9.80 Å². The van der Waals surface area contributed by atoms with Crippen LogP contribution >= 0.6 is 11.3 Å². The van der Waals surface area contributed by atoms with Crippen LogP contribution in [-0.4, -0.2) is 35.5 Å². The maximum absolute atomic E-state index is 12.3. The Balaban J connectivity index is 1.94. The molecule has 0 radical (unpaired) electrons. The fourth-order valence-corrected chi connectivity index (χ4v) is 2.91. The van der Waals surface area contributed by atoms with E-state index in [1.807, 2.05) is 15.9 Å². The van der Waals surface area contributed by atoms with Crippen molar-refractivity contribution in [2.75, 3.05) is 19.6 Å². The first-order valence-electron chi connectivity index (χ1n) is 6.37. The third kappa shape index (κ3) is 3.22. The average Bonchev–Trinajstić information content (AvgIpc) is 2.89. The standard InChI is InChI=1S/C13H20N2OS/c1-2-14(11-12-7-6-10-17-12)13(16)15-8-4-3-5-9-15/h6-7,10H,2-5,8-9,11H2,1H3. The summed E-state index contributed by atoms with van der Waals surface area (Å²) in [5, 5.41) is 2.06. The zero-order valence-corrected chi connectivity index (χ0v) is 11.2. The number of carbonyl (C=O) groups excluding carboxylic acids is 1. The lowest BCUT2D eigenvalue weighted by Gasteiger charge is -2.32. The lowest BCUT2D eigenvalue weighted by molar-refractivity contribution is 0.143. The van der Waals surface area contributed by atoms with Crippen LogP contribution in [0.1, 0.15) is 31.1 Å². The van der Waals surface area contributed by atoms with Gasteiger partial charge in [0.15, 0.2) is 0 Å². The van der Waals surface area contributed by atoms with E-state index < -0.39 is 0 Å². The molecular formula is C13H20N2OS. The number of nitrogens with zero attached hydrogens (tertiary/aromatic N) is 2. The number of rotatable bonds is 3. The van der Waals surface area contributed by atoms with Crippen LogP contribution in [-0.2, 0) is 6.54 Å². The van der Waals surface area contributed by atoms with Gasteiger partial charge in [0, 0.05) is 24.5 Å². The fraction of sp³-hybridized carbons (Fsp3) is 0.615. The highest BCUT2D eigenvalue weighted by atomic mass is 32.1. The summed E-state index contributed by atoms with van der Waals surface area (Å²) in [7, 11) is 0. The highest BCUT2D eigenvalue weighted by Crippen LogP contribution is 2.15. The van der Waals surface area contributed by atoms with Crippen LogP contribution in [0.15, 0.2) is 17.5 Å². The van der Waals surface area contributed by atoms with Crippen molar-refractivity contribution in [1.82, 2.24) is 9.80 Å². The van der Waals surface area contributed by atoms with Gasteiger partial charge in [-0.2, -0.15) is 0 Å². The van der Waals surface area contributed by atoms with Crippen LogP contribution in [0, 0.1) is 0 Å². The number of piperidine rings is 1. The monoisotopic (exact) mass is 252 g/mol. The highest BCUT2D eigenvalue weighted by molar-refractivity contribution is 7.09. The minimum atomic E-state index is 0.209. The molecule has 0 spiro atoms. The van der Waals surface area contributed by atoms with E-state index in [2.05, 4.69) is 18.4 Å². The summed E-state index contributed by atoms with van der Waals surface area (Å²) >= 11 is 1.72. The second-order valence-corrected chi connectivity index (χ2v) is 5.46. The van der Waals surface area contributed by atoms with Crippen LogP contribution in [0.4, 0.5) is 4.79 Å². The number of urea groups is 1. The van der Waals surface area contributed by atoms with E-state index in [1.165, 1.54) is 11.3 Å². The van der Waals surface area contributed by atoms with Gasteiger partial charge in [0.25, 0.3) is 0 Å². The quantitative estimate of drug-likeness (QED) is 0.810. The van der Waals surface area contributed by atoms with E-state index in [1.54, 1.807) is 11.3 Å². The van der Waals surface area contributed by atoms with Crippen LogP contribution in [0.2, 0.25) is 0 Å². The predicted octanol–water partition coefficient (Wildman–Crippen LogP) is 3.18. The van der Waals surface area contributed by atoms with Gasteiger partial charge in [-0.3, -0.25) is 0 Å². The molecule has 1 aliphatic heterocycles. The van der Waals surface area contributed by atoms with Crippen molar-refractivity contribution < 1.29 is 4.79 Å². The molecule has 0 aliphatic carbocycles. The summed E-state index contributed by atoms with van der Waals surface area (Å²) < 4.78 is 0. The van der Waals surface area contributed by atoms with Crippen molar-refractivity contribution >= 4 is 17.4 Å². The number of hydrogen-bond acceptors (Lipinski definition) is 2. The van der Waals surface area contributed by atoms with E-state index in [0.29, 0.717) is 0 Å². The maximum Gasteiger partial charge on any atom is 0.320 e. The van der Waals surface area contributed by atoms with Gasteiger partial charge in [0.2, 0.25) is 0 Å². The van der Waals surface area contributed by atoms with Crippen LogP contribution in [0.3, 0.4) is 0 Å². The van der Waals surface area contributed by atoms with Crippen molar-refractivity contribution in [2.45, 2.75) is 32.7 Å². The molecule has 0 atom stereocenters. The zero-order valence-electron chi connectivity index (χ0n) is 10.4. The van der Waals surface area contributed by atoms with E-state index in [0.717, 1.165) is 39.0 Å². The van der Waals surface area contributed by atoms with Crippen molar-refractivity contribution in [3.63, 3.8) is 0 Å². The van der Waals surface area contributed by atoms with Crippen molar-refractivity contribution in [2.24, 2.45) is 0 Å². The molecule has 0 N–H and O–H groups in total. The molecule has 2 heterocycles. The molecule has 3 nitrogen and oxygen atoms in total. The second kappa shape index (κ2) is 6.05. The van der Waals surface area contributed by atoms with Gasteiger partial charge in [-0.05, 0) is 37.6 Å². The average molecular weight is 252 g/mol. The molecular weight excluding hydrogens is 232 g/mol. The van der Waals surface area contributed by atoms with Gasteiger partial charge in [-0.15, -0.1) is 11.3 Å². The Labute approximate surface area is 107 Å². The van der Waals surface area contributed by atoms with Crippen LogP contribution in [0.25, 0.3) is 0 Å². The Morgan fingerprint density at radius 1 is 1.41 bits per heavy atom. The van der Waals surface area contributed by atoms with Crippen LogP contribution in [0.5, 0.6) is 0 Å². The predicted molar refractivity (Wildman–Crippen MR) is 71.2 cm³/mol. The molecule has 1 aromatic heterocycles. The van der Waals surface area contributed by atoms with E-state index >= 15 is 0 Å². The first-order valence-corrected chi connectivity index (χ1v) is 7.25. The first kappa shape index (κ1) is 12.4. The number of thiophene rings is 1. The minimum absolute atomic E-state index is 0.209. The lowest BCUT2D eigenvalue weighted by atomic mass is 10.1. The molecule has 2 rings (SSSR count). The Bertz CT molecular complexity index is 344. The molecule has 2 amide bonds. The fourth-order valence-electron chi connectivity index (χ4n) is 2.19. The Hall–Kier alpha value is -1.03. The van der Waals surface area contributed by atoms with Gasteiger partial charge in [0.1, 0.15) is 0 Å². The molecule has 94 valence electrons. The molecule has 1 saturated heterocycles. The maximum atomic E-state index is 12.3. The SMILES string of the molecule is CCN(Cc1cccs1)C(=O)N1CCCCC1. The molecule has 4 heteroatoms. The summed E-state index contributed by atoms with van der Waals surface area (Å²) in [4.78, 5) is 17.5. The van der Waals surface area contributed by atoms with Crippen LogP contribution < -0.4 is 0 Å². The molecule has 0 bridgehead atoms. The Morgan fingerprint density at radius 2 is 2.18 bits per heavy atom. The number of carbonyl (C=O) groups is 1. The Kier molecular flexibility index (Phi) is 4.42. The highest BCUT2D eigenvalue weighted by Gasteiger charge is 2.21. The summed E-state index contributed by atoms with van der Waals surface area (Å²) in [5.41, 5.74) is 0. The normalized spacial score (nSPS) is 15.9. The third-order valence-electron chi connectivity index (χ3n) is 3.21. The smallest absolute Gasteiger partial charge is 0.320 e. The van der Waals surface area contributed by atoms with Crippen molar-refractivity contribution in [1.29, 1.82) is 0 Å². The molecule has 0 saturated carbocycles. The molecule has 1 fully saturated rings. The molecule has 17 heavy (non-hydrogen) atoms. The minimum Gasteiger partial charge on any atom is -0.325 e. The molecule has 0 aromatic carbocycles. The zero-order chi connectivity index (χ0) is 12.1. The summed E-state index contributed by atoms with van der Waals surface area (Å²) in [6.45, 7) is 5.45. The largest absolute Gasteiger partial charge is 0.325 e. The second-order valence-electron chi connectivity index (χ2n) is 4.42. The first-order chi connectivity index (χ1) is 8.31.